The van der Waals surface area contributed by atoms with Crippen molar-refractivity contribution in [1.82, 2.24) is 4.98 Å². The summed E-state index contributed by atoms with van der Waals surface area (Å²) in [6.07, 6.45) is 1.42. The Hall–Kier alpha value is -2.08. The van der Waals surface area contributed by atoms with Crippen LogP contribution in [0.25, 0.3) is 11.1 Å². The number of hydrogen-bond donors (Lipinski definition) is 3. The Kier molecular flexibility index (Phi) is 2.27. The molecule has 1 aliphatic rings. The van der Waals surface area contributed by atoms with E-state index in [-0.39, 0.29) is 12.5 Å². The van der Waals surface area contributed by atoms with Gasteiger partial charge in [-0.1, -0.05) is 0 Å². The van der Waals surface area contributed by atoms with Crippen LogP contribution >= 0.6 is 0 Å². The number of H-pyrrole nitrogens is 1. The summed E-state index contributed by atoms with van der Waals surface area (Å²) in [5, 5.41) is 11.9. The number of oxazole rings is 1. The summed E-state index contributed by atoms with van der Waals surface area (Å²) in [4.78, 5) is 25.4. The van der Waals surface area contributed by atoms with Crippen LogP contribution in [0.1, 0.15) is 12.8 Å². The van der Waals surface area contributed by atoms with Gasteiger partial charge in [0.1, 0.15) is 0 Å². The molecule has 1 aromatic heterocycles. The average Bonchev–Trinajstić information content (AvgIpc) is 3.06. The van der Waals surface area contributed by atoms with Crippen molar-refractivity contribution < 1.29 is 14.3 Å². The van der Waals surface area contributed by atoms with E-state index < -0.39 is 11.2 Å². The molecule has 0 radical (unpaired) electrons. The number of carbonyl (C=O) groups excluding carboxylic acids is 1. The fourth-order valence-electron chi connectivity index (χ4n) is 1.90. The van der Waals surface area contributed by atoms with Crippen molar-refractivity contribution in [3.8, 4) is 0 Å². The molecule has 0 aliphatic heterocycles. The molecule has 3 rings (SSSR count). The SMILES string of the molecule is O=C(Nc1ccc2oc(=O)[nH]c2c1)C1(CO)CC1. The van der Waals surface area contributed by atoms with Gasteiger partial charge < -0.3 is 14.8 Å². The molecule has 6 nitrogen and oxygen atoms in total. The van der Waals surface area contributed by atoms with Gasteiger partial charge in [0, 0.05) is 5.69 Å². The number of amides is 1. The van der Waals surface area contributed by atoms with Crippen molar-refractivity contribution >= 4 is 22.7 Å². The molecule has 1 fully saturated rings. The molecule has 0 bridgehead atoms. The maximum Gasteiger partial charge on any atom is 0.417 e. The van der Waals surface area contributed by atoms with E-state index in [9.17, 15) is 9.59 Å². The molecule has 18 heavy (non-hydrogen) atoms. The van der Waals surface area contributed by atoms with Crippen LogP contribution < -0.4 is 11.1 Å². The first-order valence-corrected chi connectivity index (χ1v) is 5.68. The number of aromatic amines is 1. The van der Waals surface area contributed by atoms with E-state index >= 15 is 0 Å². The molecule has 1 heterocycles. The number of hydrogen-bond acceptors (Lipinski definition) is 4. The maximum absolute atomic E-state index is 11.9. The third kappa shape index (κ3) is 1.70. The first-order chi connectivity index (χ1) is 8.63. The first kappa shape index (κ1) is 11.0. The van der Waals surface area contributed by atoms with E-state index in [4.69, 9.17) is 9.52 Å². The van der Waals surface area contributed by atoms with E-state index in [0.717, 1.165) is 0 Å². The predicted octanol–water partition coefficient (Wildman–Crippen LogP) is 0.832. The Morgan fingerprint density at radius 1 is 1.50 bits per heavy atom. The minimum Gasteiger partial charge on any atom is -0.408 e. The Morgan fingerprint density at radius 2 is 2.28 bits per heavy atom. The van der Waals surface area contributed by atoms with Crippen molar-refractivity contribution in [2.45, 2.75) is 12.8 Å². The molecule has 3 N–H and O–H groups in total. The molecule has 1 aromatic carbocycles. The zero-order valence-corrected chi connectivity index (χ0v) is 9.53. The number of aliphatic hydroxyl groups excluding tert-OH is 1. The summed E-state index contributed by atoms with van der Waals surface area (Å²) in [6, 6.07) is 4.90. The van der Waals surface area contributed by atoms with Crippen molar-refractivity contribution in [1.29, 1.82) is 0 Å². The number of rotatable bonds is 3. The molecule has 0 atom stereocenters. The normalized spacial score (nSPS) is 16.7. The monoisotopic (exact) mass is 248 g/mol. The molecule has 0 unspecified atom stereocenters. The van der Waals surface area contributed by atoms with Gasteiger partial charge in [-0.05, 0) is 31.0 Å². The van der Waals surface area contributed by atoms with Gasteiger partial charge in [0.15, 0.2) is 5.58 Å². The topological polar surface area (TPSA) is 95.3 Å². The first-order valence-electron chi connectivity index (χ1n) is 5.68. The smallest absolute Gasteiger partial charge is 0.408 e. The Morgan fingerprint density at radius 3 is 2.94 bits per heavy atom. The number of anilines is 1. The third-order valence-corrected chi connectivity index (χ3v) is 3.31. The standard InChI is InChI=1S/C12H12N2O4/c15-6-12(3-4-12)10(16)13-7-1-2-9-8(5-7)14-11(17)18-9/h1-2,5,15H,3-4,6H2,(H,13,16)(H,14,17). The summed E-state index contributed by atoms with van der Waals surface area (Å²) in [7, 11) is 0. The van der Waals surface area contributed by atoms with Crippen molar-refractivity contribution in [2.75, 3.05) is 11.9 Å². The van der Waals surface area contributed by atoms with Crippen LogP contribution in [0.3, 0.4) is 0 Å². The molecule has 0 spiro atoms. The number of fused-ring (bicyclic) bond motifs is 1. The number of aliphatic hydroxyl groups is 1. The fourth-order valence-corrected chi connectivity index (χ4v) is 1.90. The van der Waals surface area contributed by atoms with Crippen LogP contribution in [0.15, 0.2) is 27.4 Å². The van der Waals surface area contributed by atoms with Crippen molar-refractivity contribution in [2.24, 2.45) is 5.41 Å². The van der Waals surface area contributed by atoms with E-state index in [1.54, 1.807) is 18.2 Å². The average molecular weight is 248 g/mol. The zero-order chi connectivity index (χ0) is 12.8. The lowest BCUT2D eigenvalue weighted by molar-refractivity contribution is -0.122. The number of carbonyl (C=O) groups is 1. The summed E-state index contributed by atoms with van der Waals surface area (Å²) < 4.78 is 4.86. The molecular formula is C12H12N2O4. The molecule has 2 aromatic rings. The highest BCUT2D eigenvalue weighted by Gasteiger charge is 2.49. The van der Waals surface area contributed by atoms with Crippen LogP contribution in [0.5, 0.6) is 0 Å². The quantitative estimate of drug-likeness (QED) is 0.749. The van der Waals surface area contributed by atoms with Gasteiger partial charge in [0.05, 0.1) is 17.5 Å². The molecular weight excluding hydrogens is 236 g/mol. The molecule has 1 amide bonds. The third-order valence-electron chi connectivity index (χ3n) is 3.31. The second-order valence-electron chi connectivity index (χ2n) is 4.62. The highest BCUT2D eigenvalue weighted by molar-refractivity contribution is 5.98. The van der Waals surface area contributed by atoms with Crippen molar-refractivity contribution in [3.05, 3.63) is 28.7 Å². The lowest BCUT2D eigenvalue weighted by atomic mass is 10.1. The molecule has 0 saturated heterocycles. The Labute approximate surface area is 102 Å². The van der Waals surface area contributed by atoms with Gasteiger partial charge in [-0.3, -0.25) is 9.78 Å². The van der Waals surface area contributed by atoms with Crippen LogP contribution in [-0.4, -0.2) is 22.6 Å². The van der Waals surface area contributed by atoms with Gasteiger partial charge in [-0.25, -0.2) is 4.79 Å². The highest BCUT2D eigenvalue weighted by Crippen LogP contribution is 2.45. The van der Waals surface area contributed by atoms with Crippen LogP contribution in [0.2, 0.25) is 0 Å². The summed E-state index contributed by atoms with van der Waals surface area (Å²) >= 11 is 0. The van der Waals surface area contributed by atoms with Crippen LogP contribution in [0.4, 0.5) is 5.69 Å². The predicted molar refractivity (Wildman–Crippen MR) is 64.2 cm³/mol. The summed E-state index contributed by atoms with van der Waals surface area (Å²) in [5.41, 5.74) is 0.941. The lowest BCUT2D eigenvalue weighted by Gasteiger charge is -2.11. The number of nitrogens with one attached hydrogen (secondary N) is 2. The highest BCUT2D eigenvalue weighted by atomic mass is 16.4. The summed E-state index contributed by atoms with van der Waals surface area (Å²) in [6.45, 7) is -0.135. The van der Waals surface area contributed by atoms with E-state index in [0.29, 0.717) is 29.6 Å². The van der Waals surface area contributed by atoms with Crippen molar-refractivity contribution in [3.63, 3.8) is 0 Å². The second-order valence-corrected chi connectivity index (χ2v) is 4.62. The number of aromatic nitrogens is 1. The van der Waals surface area contributed by atoms with Gasteiger partial charge in [-0.15, -0.1) is 0 Å². The maximum atomic E-state index is 11.9. The lowest BCUT2D eigenvalue weighted by Crippen LogP contribution is -2.27. The zero-order valence-electron chi connectivity index (χ0n) is 9.53. The molecule has 1 aliphatic carbocycles. The van der Waals surface area contributed by atoms with Gasteiger partial charge in [-0.2, -0.15) is 0 Å². The minimum atomic E-state index is -0.612. The molecule has 6 heteroatoms. The van der Waals surface area contributed by atoms with E-state index in [2.05, 4.69) is 10.3 Å². The van der Waals surface area contributed by atoms with E-state index in [1.165, 1.54) is 0 Å². The van der Waals surface area contributed by atoms with Crippen LogP contribution in [0, 0.1) is 5.41 Å². The largest absolute Gasteiger partial charge is 0.417 e. The Balaban J connectivity index is 1.86. The molecule has 1 saturated carbocycles. The van der Waals surface area contributed by atoms with Gasteiger partial charge in [0.2, 0.25) is 5.91 Å². The summed E-state index contributed by atoms with van der Waals surface area (Å²) in [5.74, 6) is -0.710. The van der Waals surface area contributed by atoms with E-state index in [1.807, 2.05) is 0 Å². The minimum absolute atomic E-state index is 0.135. The van der Waals surface area contributed by atoms with Gasteiger partial charge >= 0.3 is 5.76 Å². The van der Waals surface area contributed by atoms with Crippen LogP contribution in [-0.2, 0) is 4.79 Å². The number of benzene rings is 1. The molecule has 94 valence electrons. The second kappa shape index (κ2) is 3.71. The Bertz CT molecular complexity index is 666. The fraction of sp³-hybridized carbons (Fsp3) is 0.333. The van der Waals surface area contributed by atoms with Gasteiger partial charge in [0.25, 0.3) is 0 Å².